The summed E-state index contributed by atoms with van der Waals surface area (Å²) in [6, 6.07) is 45.6. The van der Waals surface area contributed by atoms with E-state index in [0.29, 0.717) is 34.3 Å². The van der Waals surface area contributed by atoms with E-state index in [1.54, 1.807) is 4.57 Å². The van der Waals surface area contributed by atoms with Gasteiger partial charge in [-0.15, -0.1) is 0 Å². The van der Waals surface area contributed by atoms with Crippen LogP contribution in [0.25, 0.3) is 105 Å². The van der Waals surface area contributed by atoms with Crippen LogP contribution in [0.3, 0.4) is 0 Å². The molecule has 0 aliphatic carbocycles. The Hall–Kier alpha value is -7.37. The topological polar surface area (TPSA) is 56.7 Å². The summed E-state index contributed by atoms with van der Waals surface area (Å²) >= 11 is 0. The van der Waals surface area contributed by atoms with E-state index in [1.165, 1.54) is 12.1 Å². The number of hydrogen-bond donors (Lipinski definition) is 0. The average Bonchev–Trinajstić information content (AvgIpc) is 3.85. The van der Waals surface area contributed by atoms with E-state index in [0.717, 1.165) is 49.4 Å². The predicted octanol–water partition coefficient (Wildman–Crippen LogP) is 12.7. The first kappa shape index (κ1) is 24.8. The van der Waals surface area contributed by atoms with Gasteiger partial charge < -0.3 is 8.98 Å². The van der Waals surface area contributed by atoms with Gasteiger partial charge in [0, 0.05) is 49.5 Å². The fourth-order valence-electron chi connectivity index (χ4n) is 7.50. The normalized spacial score (nSPS) is 13.3. The largest absolute Gasteiger partial charge is 0.455 e. The summed E-state index contributed by atoms with van der Waals surface area (Å²) in [7, 11) is 0. The molecule has 0 spiro atoms. The lowest BCUT2D eigenvalue weighted by atomic mass is 10.0. The number of benzene rings is 8. The van der Waals surface area contributed by atoms with Crippen LogP contribution in [0.15, 0.2) is 186 Å². The van der Waals surface area contributed by atoms with Gasteiger partial charge in [-0.2, -0.15) is 0 Å². The van der Waals surface area contributed by atoms with Gasteiger partial charge in [-0.05, 0) is 52.7 Å². The SMILES string of the molecule is [2H]c1cc([2H])c2c(c1[2H])c1c([2H])c([2H])cc([2H])c1n2-c1cc(-c2ccccc2)c2oc3cc(-c4nc(-c5ccccc5)nc(-c5cccc6ccccc56)n4)ccc3c2c1. The Bertz CT molecular complexity index is 3490. The van der Waals surface area contributed by atoms with Gasteiger partial charge in [0.2, 0.25) is 0 Å². The molecule has 0 amide bonds. The van der Waals surface area contributed by atoms with Crippen LogP contribution in [-0.4, -0.2) is 19.5 Å². The molecule has 0 radical (unpaired) electrons. The Morgan fingerprint density at radius 3 is 1.85 bits per heavy atom. The second-order valence-electron chi connectivity index (χ2n) is 13.1. The first-order chi connectivity index (χ1) is 29.2. The second-order valence-corrected chi connectivity index (χ2v) is 13.1. The Labute approximate surface area is 318 Å². The third-order valence-corrected chi connectivity index (χ3v) is 9.98. The highest BCUT2D eigenvalue weighted by molar-refractivity contribution is 6.13. The smallest absolute Gasteiger partial charge is 0.164 e. The Morgan fingerprint density at radius 1 is 0.444 bits per heavy atom. The molecule has 3 aromatic heterocycles. The van der Waals surface area contributed by atoms with Crippen molar-refractivity contribution in [1.29, 1.82) is 0 Å². The van der Waals surface area contributed by atoms with E-state index in [-0.39, 0.29) is 58.1 Å². The quantitative estimate of drug-likeness (QED) is 0.180. The zero-order valence-electron chi connectivity index (χ0n) is 34.6. The maximum atomic E-state index is 9.06. The molecule has 5 nitrogen and oxygen atoms in total. The number of para-hydroxylation sites is 2. The van der Waals surface area contributed by atoms with E-state index in [9.17, 15) is 0 Å². The summed E-state index contributed by atoms with van der Waals surface area (Å²) in [6.45, 7) is 0. The van der Waals surface area contributed by atoms with Crippen LogP contribution in [0.1, 0.15) is 8.22 Å². The lowest BCUT2D eigenvalue weighted by molar-refractivity contribution is 0.670. The molecule has 0 aliphatic heterocycles. The minimum Gasteiger partial charge on any atom is -0.455 e. The number of nitrogens with zero attached hydrogens (tertiary/aromatic N) is 4. The number of hydrogen-bond acceptors (Lipinski definition) is 4. The molecule has 0 unspecified atom stereocenters. The van der Waals surface area contributed by atoms with Crippen molar-refractivity contribution in [1.82, 2.24) is 19.5 Å². The predicted molar refractivity (Wildman–Crippen MR) is 221 cm³/mol. The van der Waals surface area contributed by atoms with Crippen molar-refractivity contribution in [3.8, 4) is 51.0 Å². The minimum absolute atomic E-state index is 0.0225. The van der Waals surface area contributed by atoms with E-state index in [4.69, 9.17) is 27.6 Å². The molecule has 0 saturated carbocycles. The molecule has 0 aliphatic rings. The summed E-state index contributed by atoms with van der Waals surface area (Å²) < 4.78 is 61.4. The van der Waals surface area contributed by atoms with Gasteiger partial charge in [0.05, 0.1) is 19.3 Å². The van der Waals surface area contributed by atoms with Crippen LogP contribution >= 0.6 is 0 Å². The highest BCUT2D eigenvalue weighted by Crippen LogP contribution is 2.41. The summed E-state index contributed by atoms with van der Waals surface area (Å²) in [4.78, 5) is 15.0. The van der Waals surface area contributed by atoms with Crippen molar-refractivity contribution in [2.45, 2.75) is 0 Å². The molecule has 0 fully saturated rings. The van der Waals surface area contributed by atoms with E-state index in [2.05, 4.69) is 18.2 Å². The van der Waals surface area contributed by atoms with Gasteiger partial charge in [0.25, 0.3) is 0 Å². The van der Waals surface area contributed by atoms with Gasteiger partial charge >= 0.3 is 0 Å². The molecular formula is C49H30N4O. The van der Waals surface area contributed by atoms with Gasteiger partial charge in [-0.25, -0.2) is 15.0 Å². The zero-order chi connectivity index (χ0) is 40.8. The van der Waals surface area contributed by atoms with E-state index >= 15 is 0 Å². The molecule has 0 bridgehead atoms. The summed E-state index contributed by atoms with van der Waals surface area (Å²) in [5.74, 6) is 1.57. The van der Waals surface area contributed by atoms with Crippen LogP contribution in [0.4, 0.5) is 0 Å². The minimum atomic E-state index is -0.164. The molecule has 0 saturated heterocycles. The fourth-order valence-corrected chi connectivity index (χ4v) is 7.50. The van der Waals surface area contributed by atoms with Crippen molar-refractivity contribution in [3.05, 3.63) is 182 Å². The van der Waals surface area contributed by atoms with Gasteiger partial charge in [-0.3, -0.25) is 0 Å². The third-order valence-electron chi connectivity index (χ3n) is 9.98. The first-order valence-electron chi connectivity index (χ1n) is 20.6. The first-order valence-corrected chi connectivity index (χ1v) is 17.6. The number of fused-ring (bicyclic) bond motifs is 7. The molecule has 252 valence electrons. The summed E-state index contributed by atoms with van der Waals surface area (Å²) in [6.07, 6.45) is 0. The molecule has 8 aromatic carbocycles. The fraction of sp³-hybridized carbons (Fsp3) is 0. The molecule has 0 atom stereocenters. The van der Waals surface area contributed by atoms with Crippen LogP contribution in [0.5, 0.6) is 0 Å². The van der Waals surface area contributed by atoms with E-state index in [1.807, 2.05) is 115 Å². The van der Waals surface area contributed by atoms with Gasteiger partial charge in [0.15, 0.2) is 17.5 Å². The zero-order valence-corrected chi connectivity index (χ0v) is 28.6. The highest BCUT2D eigenvalue weighted by Gasteiger charge is 2.20. The number of furan rings is 1. The average molecular weight is 697 g/mol. The Morgan fingerprint density at radius 2 is 1.09 bits per heavy atom. The molecular weight excluding hydrogens is 661 g/mol. The molecule has 0 N–H and O–H groups in total. The molecule has 54 heavy (non-hydrogen) atoms. The van der Waals surface area contributed by atoms with Crippen molar-refractivity contribution in [3.63, 3.8) is 0 Å². The van der Waals surface area contributed by atoms with Crippen molar-refractivity contribution in [2.75, 3.05) is 0 Å². The van der Waals surface area contributed by atoms with Gasteiger partial charge in [0.1, 0.15) is 11.2 Å². The molecule has 11 aromatic rings. The monoisotopic (exact) mass is 696 g/mol. The standard InChI is InChI=1S/C49H30N4O/c1-3-14-32(15-4-1)41-29-35(53-43-24-11-9-21-37(43)38-22-10-12-25-44(38)53)30-42-39-27-26-34(28-45(39)54-46(41)42)48-50-47(33-17-5-2-6-18-33)51-49(52-48)40-23-13-19-31-16-7-8-20-36(31)40/h1-30H/i9D,10D,21D,22D,24D,25D. The molecule has 3 heterocycles. The molecule has 5 heteroatoms. The second kappa shape index (κ2) is 12.1. The Balaban J connectivity index is 1.17. The van der Waals surface area contributed by atoms with Crippen molar-refractivity contribution >= 4 is 54.5 Å². The molecule has 11 rings (SSSR count). The van der Waals surface area contributed by atoms with E-state index < -0.39 is 0 Å². The van der Waals surface area contributed by atoms with Crippen LogP contribution in [0.2, 0.25) is 0 Å². The summed E-state index contributed by atoms with van der Waals surface area (Å²) in [5.41, 5.74) is 6.48. The van der Waals surface area contributed by atoms with Crippen LogP contribution in [0, 0.1) is 0 Å². The maximum Gasteiger partial charge on any atom is 0.164 e. The van der Waals surface area contributed by atoms with Crippen LogP contribution in [-0.2, 0) is 0 Å². The van der Waals surface area contributed by atoms with Crippen LogP contribution < -0.4 is 0 Å². The Kier molecular flexibility index (Phi) is 5.55. The maximum absolute atomic E-state index is 9.06. The summed E-state index contributed by atoms with van der Waals surface area (Å²) in [5, 5.41) is 4.09. The van der Waals surface area contributed by atoms with Crippen molar-refractivity contribution in [2.24, 2.45) is 0 Å². The number of aromatic nitrogens is 4. The third kappa shape index (κ3) is 4.83. The van der Waals surface area contributed by atoms with Crippen molar-refractivity contribution < 1.29 is 12.6 Å². The lowest BCUT2D eigenvalue weighted by Gasteiger charge is -2.11. The van der Waals surface area contributed by atoms with Gasteiger partial charge in [-0.1, -0.05) is 145 Å². The lowest BCUT2D eigenvalue weighted by Crippen LogP contribution is -2.00. The highest BCUT2D eigenvalue weighted by atomic mass is 16.3. The number of rotatable bonds is 5.